The van der Waals surface area contributed by atoms with Crippen LogP contribution in [0, 0.1) is 0 Å². The highest BCUT2D eigenvalue weighted by Crippen LogP contribution is 2.27. The summed E-state index contributed by atoms with van der Waals surface area (Å²) in [4.78, 5) is 0. The van der Waals surface area contributed by atoms with Gasteiger partial charge in [-0.05, 0) is 25.1 Å². The summed E-state index contributed by atoms with van der Waals surface area (Å²) in [6.45, 7) is 2.93. The first-order chi connectivity index (χ1) is 8.72. The molecule has 0 aliphatic heterocycles. The summed E-state index contributed by atoms with van der Waals surface area (Å²) in [7, 11) is 1.58. The minimum atomic E-state index is -0.465. The molecular formula is C12H14N2O4. The Labute approximate surface area is 104 Å². The molecule has 0 spiro atoms. The van der Waals surface area contributed by atoms with Gasteiger partial charge in [-0.2, -0.15) is 0 Å². The maximum absolute atomic E-state index is 10.8. The fourth-order valence-electron chi connectivity index (χ4n) is 1.61. The van der Waals surface area contributed by atoms with Crippen molar-refractivity contribution in [3.05, 3.63) is 30.0 Å². The zero-order chi connectivity index (χ0) is 13.0. The lowest BCUT2D eigenvalue weighted by molar-refractivity contribution is -0.754. The van der Waals surface area contributed by atoms with E-state index in [0.29, 0.717) is 24.7 Å². The lowest BCUT2D eigenvalue weighted by atomic mass is 10.2. The fraction of sp³-hybridized carbons (Fsp3) is 0.333. The highest BCUT2D eigenvalue weighted by atomic mass is 16.6. The van der Waals surface area contributed by atoms with Gasteiger partial charge >= 0.3 is 0 Å². The Morgan fingerprint density at radius 3 is 2.83 bits per heavy atom. The van der Waals surface area contributed by atoms with Crippen LogP contribution in [0.25, 0.3) is 0 Å². The second-order valence-corrected chi connectivity index (χ2v) is 3.64. The normalized spacial score (nSPS) is 10.3. The molecule has 0 aliphatic rings. The second kappa shape index (κ2) is 5.39. The van der Waals surface area contributed by atoms with Gasteiger partial charge in [0.15, 0.2) is 11.5 Å². The van der Waals surface area contributed by atoms with E-state index in [1.807, 2.05) is 25.1 Å². The molecular weight excluding hydrogens is 236 g/mol. The van der Waals surface area contributed by atoms with Gasteiger partial charge in [0.2, 0.25) is 12.7 Å². The minimum absolute atomic E-state index is 0.439. The van der Waals surface area contributed by atoms with Gasteiger partial charge in [-0.1, -0.05) is 4.68 Å². The van der Waals surface area contributed by atoms with Crippen molar-refractivity contribution in [3.63, 3.8) is 0 Å². The molecule has 0 unspecified atom stereocenters. The summed E-state index contributed by atoms with van der Waals surface area (Å²) in [6.07, 6.45) is 1.29. The van der Waals surface area contributed by atoms with Crippen LogP contribution in [0.3, 0.4) is 0 Å². The second-order valence-electron chi connectivity index (χ2n) is 3.64. The van der Waals surface area contributed by atoms with E-state index in [9.17, 15) is 5.11 Å². The van der Waals surface area contributed by atoms with Gasteiger partial charge < -0.3 is 19.1 Å². The summed E-state index contributed by atoms with van der Waals surface area (Å²) in [6, 6.07) is 5.56. The Bertz CT molecular complexity index is 525. The largest absolute Gasteiger partial charge is 0.539 e. The molecule has 1 aromatic heterocycles. The standard InChI is InChI=1S/C12H14N2O4/c1-3-17-10-5-4-9(6-11(10)16-2)7-14-8-12(15)18-13-14/h4-6,8H,3,7H2,1-2H3. The first kappa shape index (κ1) is 12.2. The van der Waals surface area contributed by atoms with Gasteiger partial charge in [0.25, 0.3) is 0 Å². The SMILES string of the molecule is CCOc1ccc(C[n+]2cc([O-])on2)cc1OC. The van der Waals surface area contributed by atoms with Crippen LogP contribution in [-0.2, 0) is 6.54 Å². The molecule has 2 aromatic rings. The van der Waals surface area contributed by atoms with E-state index in [-0.39, 0.29) is 0 Å². The first-order valence-electron chi connectivity index (χ1n) is 5.56. The van der Waals surface area contributed by atoms with Crippen molar-refractivity contribution < 1.29 is 23.8 Å². The maximum atomic E-state index is 10.8. The van der Waals surface area contributed by atoms with Crippen LogP contribution in [-0.4, -0.2) is 19.0 Å². The molecule has 96 valence electrons. The number of hydrogen-bond donors (Lipinski definition) is 0. The van der Waals surface area contributed by atoms with E-state index >= 15 is 0 Å². The molecule has 0 fully saturated rings. The van der Waals surface area contributed by atoms with Gasteiger partial charge in [-0.25, -0.2) is 0 Å². The Morgan fingerprint density at radius 1 is 1.39 bits per heavy atom. The van der Waals surface area contributed by atoms with Crippen molar-refractivity contribution in [2.24, 2.45) is 0 Å². The van der Waals surface area contributed by atoms with E-state index in [0.717, 1.165) is 5.56 Å². The summed E-state index contributed by atoms with van der Waals surface area (Å²) < 4.78 is 16.5. The molecule has 0 saturated heterocycles. The molecule has 0 saturated carbocycles. The highest BCUT2D eigenvalue weighted by molar-refractivity contribution is 5.42. The third-order valence-corrected chi connectivity index (χ3v) is 2.36. The van der Waals surface area contributed by atoms with Gasteiger partial charge in [0, 0.05) is 5.56 Å². The van der Waals surface area contributed by atoms with Crippen molar-refractivity contribution in [2.75, 3.05) is 13.7 Å². The average Bonchev–Trinajstić information content (AvgIpc) is 2.77. The number of rotatable bonds is 5. The van der Waals surface area contributed by atoms with Gasteiger partial charge in [-0.15, -0.1) is 0 Å². The van der Waals surface area contributed by atoms with E-state index in [2.05, 4.69) is 9.79 Å². The molecule has 0 aliphatic carbocycles. The monoisotopic (exact) mass is 250 g/mol. The predicted molar refractivity (Wildman–Crippen MR) is 59.4 cm³/mol. The number of ether oxygens (including phenoxy) is 2. The molecule has 0 amide bonds. The lowest BCUT2D eigenvalue weighted by Crippen LogP contribution is -2.35. The molecule has 2 rings (SSSR count). The van der Waals surface area contributed by atoms with E-state index in [1.54, 1.807) is 7.11 Å². The molecule has 0 atom stereocenters. The van der Waals surface area contributed by atoms with Crippen LogP contribution in [0.1, 0.15) is 12.5 Å². The third-order valence-electron chi connectivity index (χ3n) is 2.36. The van der Waals surface area contributed by atoms with Crippen LogP contribution in [0.15, 0.2) is 28.9 Å². The topological polar surface area (TPSA) is 71.4 Å². The molecule has 1 aromatic carbocycles. The molecule has 6 nitrogen and oxygen atoms in total. The minimum Gasteiger partial charge on any atom is -0.539 e. The van der Waals surface area contributed by atoms with Crippen molar-refractivity contribution in [1.82, 2.24) is 5.27 Å². The Balaban J connectivity index is 2.19. The van der Waals surface area contributed by atoms with Crippen molar-refractivity contribution in [3.8, 4) is 17.4 Å². The van der Waals surface area contributed by atoms with Gasteiger partial charge in [0.05, 0.1) is 19.0 Å². The van der Waals surface area contributed by atoms with Crippen molar-refractivity contribution >= 4 is 0 Å². The summed E-state index contributed by atoms with van der Waals surface area (Å²) >= 11 is 0. The van der Waals surface area contributed by atoms with Crippen LogP contribution in [0.2, 0.25) is 0 Å². The number of benzene rings is 1. The van der Waals surface area contributed by atoms with Crippen LogP contribution in [0.4, 0.5) is 0 Å². The van der Waals surface area contributed by atoms with E-state index < -0.39 is 5.95 Å². The average molecular weight is 250 g/mol. The zero-order valence-electron chi connectivity index (χ0n) is 10.3. The van der Waals surface area contributed by atoms with Crippen molar-refractivity contribution in [1.29, 1.82) is 0 Å². The molecule has 1 heterocycles. The molecule has 6 heteroatoms. The summed E-state index contributed by atoms with van der Waals surface area (Å²) in [5.41, 5.74) is 0.939. The molecule has 0 bridgehead atoms. The molecule has 0 radical (unpaired) electrons. The maximum Gasteiger partial charge on any atom is 0.221 e. The third kappa shape index (κ3) is 2.71. The zero-order valence-corrected chi connectivity index (χ0v) is 10.3. The van der Waals surface area contributed by atoms with Crippen LogP contribution < -0.4 is 19.3 Å². The lowest BCUT2D eigenvalue weighted by Gasteiger charge is -2.09. The predicted octanol–water partition coefficient (Wildman–Crippen LogP) is 0.491. The summed E-state index contributed by atoms with van der Waals surface area (Å²) in [5.74, 6) is 0.882. The van der Waals surface area contributed by atoms with E-state index in [1.165, 1.54) is 10.9 Å². The van der Waals surface area contributed by atoms with Gasteiger partial charge in [0.1, 0.15) is 5.95 Å². The number of methoxy groups -OCH3 is 1. The quantitative estimate of drug-likeness (QED) is 0.722. The number of hydrogen-bond acceptors (Lipinski definition) is 5. The number of aromatic nitrogens is 2. The highest BCUT2D eigenvalue weighted by Gasteiger charge is 2.10. The first-order valence-corrected chi connectivity index (χ1v) is 5.56. The smallest absolute Gasteiger partial charge is 0.221 e. The molecule has 0 N–H and O–H groups in total. The van der Waals surface area contributed by atoms with E-state index in [4.69, 9.17) is 9.47 Å². The van der Waals surface area contributed by atoms with Gasteiger partial charge in [-0.3, -0.25) is 0 Å². The number of nitrogens with zero attached hydrogens (tertiary/aromatic N) is 2. The Morgan fingerprint density at radius 2 is 2.22 bits per heavy atom. The van der Waals surface area contributed by atoms with Crippen molar-refractivity contribution in [2.45, 2.75) is 13.5 Å². The summed E-state index contributed by atoms with van der Waals surface area (Å²) in [5, 5.41) is 14.4. The Kier molecular flexibility index (Phi) is 3.66. The Hall–Kier alpha value is -2.24. The van der Waals surface area contributed by atoms with Crippen LogP contribution >= 0.6 is 0 Å². The molecule has 18 heavy (non-hydrogen) atoms. The fourth-order valence-corrected chi connectivity index (χ4v) is 1.61. The van der Waals surface area contributed by atoms with Crippen LogP contribution in [0.5, 0.6) is 17.4 Å².